The first-order valence-corrected chi connectivity index (χ1v) is 6.59. The zero-order valence-electron chi connectivity index (χ0n) is 12.5. The Kier molecular flexibility index (Phi) is 6.97. The van der Waals surface area contributed by atoms with Crippen molar-refractivity contribution in [3.05, 3.63) is 39.9 Å². The van der Waals surface area contributed by atoms with Crippen LogP contribution in [-0.4, -0.2) is 55.6 Å². The summed E-state index contributed by atoms with van der Waals surface area (Å²) < 4.78 is 9.48. The molecule has 0 saturated carbocycles. The maximum absolute atomic E-state index is 12.4. The van der Waals surface area contributed by atoms with E-state index < -0.39 is 16.8 Å². The van der Waals surface area contributed by atoms with Gasteiger partial charge in [-0.05, 0) is 6.07 Å². The van der Waals surface area contributed by atoms with Gasteiger partial charge in [-0.15, -0.1) is 0 Å². The summed E-state index contributed by atoms with van der Waals surface area (Å²) in [7, 11) is 2.76. The van der Waals surface area contributed by atoms with E-state index in [-0.39, 0.29) is 30.8 Å². The minimum absolute atomic E-state index is 0.0425. The Morgan fingerprint density at radius 1 is 1.27 bits per heavy atom. The SMILES string of the molecule is COCCN(CCC(=O)OC)C(=O)c1cccc([N+](=O)[O-])c1. The molecule has 120 valence electrons. The molecule has 0 aliphatic carbocycles. The third-order valence-electron chi connectivity index (χ3n) is 2.97. The smallest absolute Gasteiger partial charge is 0.307 e. The first kappa shape index (κ1) is 17.6. The van der Waals surface area contributed by atoms with Crippen molar-refractivity contribution in [2.75, 3.05) is 33.9 Å². The van der Waals surface area contributed by atoms with Gasteiger partial charge in [0.25, 0.3) is 11.6 Å². The fraction of sp³-hybridized carbons (Fsp3) is 0.429. The fourth-order valence-corrected chi connectivity index (χ4v) is 1.78. The predicted octanol–water partition coefficient (Wildman–Crippen LogP) is 1.25. The lowest BCUT2D eigenvalue weighted by molar-refractivity contribution is -0.384. The van der Waals surface area contributed by atoms with Crippen LogP contribution in [0.4, 0.5) is 5.69 Å². The van der Waals surface area contributed by atoms with E-state index in [9.17, 15) is 19.7 Å². The van der Waals surface area contributed by atoms with E-state index in [4.69, 9.17) is 4.74 Å². The van der Waals surface area contributed by atoms with E-state index in [2.05, 4.69) is 4.74 Å². The second kappa shape index (κ2) is 8.73. The highest BCUT2D eigenvalue weighted by Crippen LogP contribution is 2.15. The van der Waals surface area contributed by atoms with Crippen molar-refractivity contribution < 1.29 is 24.0 Å². The molecule has 22 heavy (non-hydrogen) atoms. The van der Waals surface area contributed by atoms with Gasteiger partial charge in [0.15, 0.2) is 0 Å². The van der Waals surface area contributed by atoms with Gasteiger partial charge in [-0.2, -0.15) is 0 Å². The van der Waals surface area contributed by atoms with Crippen LogP contribution in [0.3, 0.4) is 0 Å². The highest BCUT2D eigenvalue weighted by Gasteiger charge is 2.19. The molecule has 0 spiro atoms. The molecule has 1 aromatic rings. The molecule has 0 heterocycles. The van der Waals surface area contributed by atoms with Crippen LogP contribution in [0.1, 0.15) is 16.8 Å². The molecule has 0 bridgehead atoms. The van der Waals surface area contributed by atoms with Crippen molar-refractivity contribution >= 4 is 17.6 Å². The number of nitrogens with zero attached hydrogens (tertiary/aromatic N) is 2. The number of amides is 1. The molecule has 1 aromatic carbocycles. The molecule has 8 nitrogen and oxygen atoms in total. The average molecular weight is 310 g/mol. The average Bonchev–Trinajstić information content (AvgIpc) is 2.54. The second-order valence-corrected chi connectivity index (χ2v) is 4.42. The largest absolute Gasteiger partial charge is 0.469 e. The van der Waals surface area contributed by atoms with Crippen LogP contribution in [0.2, 0.25) is 0 Å². The fourth-order valence-electron chi connectivity index (χ4n) is 1.78. The van der Waals surface area contributed by atoms with E-state index in [0.717, 1.165) is 0 Å². The van der Waals surface area contributed by atoms with Gasteiger partial charge >= 0.3 is 5.97 Å². The number of ether oxygens (including phenoxy) is 2. The molecule has 0 N–H and O–H groups in total. The third kappa shape index (κ3) is 5.13. The molecule has 8 heteroatoms. The quantitative estimate of drug-likeness (QED) is 0.407. The van der Waals surface area contributed by atoms with Gasteiger partial charge in [0.1, 0.15) is 0 Å². The second-order valence-electron chi connectivity index (χ2n) is 4.42. The summed E-state index contributed by atoms with van der Waals surface area (Å²) in [6, 6.07) is 5.46. The molecular weight excluding hydrogens is 292 g/mol. The molecule has 0 aromatic heterocycles. The maximum atomic E-state index is 12.4. The monoisotopic (exact) mass is 310 g/mol. The number of non-ortho nitro benzene ring substituents is 1. The normalized spacial score (nSPS) is 10.1. The molecule has 0 radical (unpaired) electrons. The number of nitro benzene ring substituents is 1. The number of esters is 1. The molecular formula is C14H18N2O6. The maximum Gasteiger partial charge on any atom is 0.307 e. The number of rotatable bonds is 8. The van der Waals surface area contributed by atoms with Crippen LogP contribution in [-0.2, 0) is 14.3 Å². The van der Waals surface area contributed by atoms with Crippen molar-refractivity contribution in [1.82, 2.24) is 4.90 Å². The summed E-state index contributed by atoms with van der Waals surface area (Å²) in [5.74, 6) is -0.834. The Bertz CT molecular complexity index is 546. The van der Waals surface area contributed by atoms with Crippen LogP contribution in [0.5, 0.6) is 0 Å². The Morgan fingerprint density at radius 3 is 2.59 bits per heavy atom. The van der Waals surface area contributed by atoms with Crippen molar-refractivity contribution in [2.24, 2.45) is 0 Å². The van der Waals surface area contributed by atoms with E-state index in [1.807, 2.05) is 0 Å². The van der Waals surface area contributed by atoms with Gasteiger partial charge in [-0.3, -0.25) is 19.7 Å². The lowest BCUT2D eigenvalue weighted by Gasteiger charge is -2.21. The minimum Gasteiger partial charge on any atom is -0.469 e. The number of benzene rings is 1. The zero-order chi connectivity index (χ0) is 16.5. The minimum atomic E-state index is -0.565. The summed E-state index contributed by atoms with van der Waals surface area (Å²) in [5, 5.41) is 10.8. The lowest BCUT2D eigenvalue weighted by atomic mass is 10.1. The van der Waals surface area contributed by atoms with E-state index >= 15 is 0 Å². The Hall–Kier alpha value is -2.48. The number of carbonyl (C=O) groups excluding carboxylic acids is 2. The topological polar surface area (TPSA) is 99.0 Å². The Morgan fingerprint density at radius 2 is 2.00 bits per heavy atom. The van der Waals surface area contributed by atoms with E-state index in [0.29, 0.717) is 6.61 Å². The molecule has 0 fully saturated rings. The summed E-state index contributed by atoms with van der Waals surface area (Å²) in [6.45, 7) is 0.717. The van der Waals surface area contributed by atoms with Crippen LogP contribution in [0.25, 0.3) is 0 Å². The van der Waals surface area contributed by atoms with Crippen LogP contribution in [0, 0.1) is 10.1 Å². The summed E-state index contributed by atoms with van der Waals surface area (Å²) >= 11 is 0. The van der Waals surface area contributed by atoms with Gasteiger partial charge in [-0.25, -0.2) is 0 Å². The first-order valence-electron chi connectivity index (χ1n) is 6.59. The number of nitro groups is 1. The van der Waals surface area contributed by atoms with Crippen molar-refractivity contribution in [3.8, 4) is 0 Å². The molecule has 0 saturated heterocycles. The standard InChI is InChI=1S/C14H18N2O6/c1-21-9-8-15(7-6-13(17)22-2)14(18)11-4-3-5-12(10-11)16(19)20/h3-5,10H,6-9H2,1-2H3. The number of hydrogen-bond acceptors (Lipinski definition) is 6. The van der Waals surface area contributed by atoms with Gasteiger partial charge in [0.05, 0.1) is 25.1 Å². The van der Waals surface area contributed by atoms with Gasteiger partial charge in [0.2, 0.25) is 0 Å². The summed E-state index contributed by atoms with van der Waals surface area (Å²) in [4.78, 5) is 35.2. The van der Waals surface area contributed by atoms with Gasteiger partial charge in [-0.1, -0.05) is 6.07 Å². The van der Waals surface area contributed by atoms with Crippen LogP contribution < -0.4 is 0 Å². The van der Waals surface area contributed by atoms with E-state index in [1.54, 1.807) is 0 Å². The van der Waals surface area contributed by atoms with Gasteiger partial charge < -0.3 is 14.4 Å². The molecule has 0 aliphatic rings. The van der Waals surface area contributed by atoms with Crippen LogP contribution >= 0.6 is 0 Å². The number of hydrogen-bond donors (Lipinski definition) is 0. The molecule has 1 rings (SSSR count). The number of carbonyl (C=O) groups is 2. The lowest BCUT2D eigenvalue weighted by Crippen LogP contribution is -2.35. The molecule has 1 amide bonds. The zero-order valence-corrected chi connectivity index (χ0v) is 12.5. The summed E-state index contributed by atoms with van der Waals surface area (Å²) in [5.41, 5.74) is 0.0284. The molecule has 0 atom stereocenters. The third-order valence-corrected chi connectivity index (χ3v) is 2.97. The Labute approximate surface area is 127 Å². The number of methoxy groups -OCH3 is 2. The van der Waals surface area contributed by atoms with Crippen LogP contribution in [0.15, 0.2) is 24.3 Å². The molecule has 0 aliphatic heterocycles. The summed E-state index contributed by atoms with van der Waals surface area (Å²) in [6.07, 6.45) is 0.0425. The van der Waals surface area contributed by atoms with Crippen molar-refractivity contribution in [2.45, 2.75) is 6.42 Å². The van der Waals surface area contributed by atoms with Crippen molar-refractivity contribution in [1.29, 1.82) is 0 Å². The first-order chi connectivity index (χ1) is 10.5. The Balaban J connectivity index is 2.87. The van der Waals surface area contributed by atoms with E-state index in [1.165, 1.54) is 43.4 Å². The highest BCUT2D eigenvalue weighted by atomic mass is 16.6. The molecule has 0 unspecified atom stereocenters. The van der Waals surface area contributed by atoms with Crippen molar-refractivity contribution in [3.63, 3.8) is 0 Å². The predicted molar refractivity (Wildman–Crippen MR) is 77.5 cm³/mol. The van der Waals surface area contributed by atoms with Gasteiger partial charge in [0, 0.05) is 37.9 Å². The highest BCUT2D eigenvalue weighted by molar-refractivity contribution is 5.95.